The average Bonchev–Trinajstić information content (AvgIpc) is 2.95. The van der Waals surface area contributed by atoms with Crippen LogP contribution in [0.25, 0.3) is 0 Å². The molecule has 2 rings (SSSR count). The van der Waals surface area contributed by atoms with Gasteiger partial charge in [-0.2, -0.15) is 11.3 Å². The van der Waals surface area contributed by atoms with Gasteiger partial charge in [0.25, 0.3) is 0 Å². The second-order valence-corrected chi connectivity index (χ2v) is 4.70. The predicted molar refractivity (Wildman–Crippen MR) is 69.8 cm³/mol. The lowest BCUT2D eigenvalue weighted by atomic mass is 10.2. The molecule has 2 heterocycles. The number of nitrogens with one attached hydrogen (secondary N) is 1. The molecule has 0 aromatic carbocycles. The van der Waals surface area contributed by atoms with E-state index < -0.39 is 0 Å². The third kappa shape index (κ3) is 3.22. The van der Waals surface area contributed by atoms with E-state index in [-0.39, 0.29) is 0 Å². The van der Waals surface area contributed by atoms with E-state index in [1.807, 2.05) is 0 Å². The minimum Gasteiger partial charge on any atom is -0.354 e. The lowest BCUT2D eigenvalue weighted by Crippen LogP contribution is -2.11. The smallest absolute Gasteiger partial charge is 0.0260 e. The van der Waals surface area contributed by atoms with E-state index >= 15 is 0 Å². The highest BCUT2D eigenvalue weighted by Crippen LogP contribution is 2.08. The fraction of sp³-hybridized carbons (Fsp3) is 0.385. The van der Waals surface area contributed by atoms with Gasteiger partial charge in [-0.15, -0.1) is 0 Å². The molecule has 0 amide bonds. The normalized spacial score (nSPS) is 10.8. The maximum absolute atomic E-state index is 3.34. The molecule has 0 saturated carbocycles. The molecule has 86 valence electrons. The molecule has 2 aromatic heterocycles. The first kappa shape index (κ1) is 11.4. The van der Waals surface area contributed by atoms with E-state index in [0.29, 0.717) is 0 Å². The summed E-state index contributed by atoms with van der Waals surface area (Å²) in [6.07, 6.45) is 5.52. The second kappa shape index (κ2) is 5.87. The molecule has 0 aliphatic carbocycles. The highest BCUT2D eigenvalue weighted by Gasteiger charge is 1.97. The molecule has 2 nitrogen and oxygen atoms in total. The number of hydrogen-bond acceptors (Lipinski definition) is 2. The maximum Gasteiger partial charge on any atom is 0.0260 e. The van der Waals surface area contributed by atoms with Gasteiger partial charge in [-0.05, 0) is 47.0 Å². The van der Waals surface area contributed by atoms with Crippen LogP contribution >= 0.6 is 11.3 Å². The average molecular weight is 234 g/mol. The van der Waals surface area contributed by atoms with Gasteiger partial charge in [-0.1, -0.05) is 6.92 Å². The van der Waals surface area contributed by atoms with Gasteiger partial charge in [-0.3, -0.25) is 0 Å². The summed E-state index contributed by atoms with van der Waals surface area (Å²) < 4.78 is 2.27. The van der Waals surface area contributed by atoms with Gasteiger partial charge in [0.1, 0.15) is 0 Å². The fourth-order valence-electron chi connectivity index (χ4n) is 1.70. The van der Waals surface area contributed by atoms with Crippen LogP contribution in [-0.4, -0.2) is 11.1 Å². The van der Waals surface area contributed by atoms with E-state index in [4.69, 9.17) is 0 Å². The number of thiophene rings is 1. The largest absolute Gasteiger partial charge is 0.354 e. The predicted octanol–water partition coefficient (Wildman–Crippen LogP) is 2.90. The van der Waals surface area contributed by atoms with E-state index in [1.165, 1.54) is 11.1 Å². The minimum atomic E-state index is 0.974. The van der Waals surface area contributed by atoms with Gasteiger partial charge in [0, 0.05) is 25.5 Å². The molecular formula is C13H18N2S. The van der Waals surface area contributed by atoms with Crippen molar-refractivity contribution in [3.8, 4) is 0 Å². The Morgan fingerprint density at radius 2 is 2.25 bits per heavy atom. The Kier molecular flexibility index (Phi) is 4.19. The lowest BCUT2D eigenvalue weighted by molar-refractivity contribution is 0.690. The first-order valence-electron chi connectivity index (χ1n) is 5.75. The fourth-order valence-corrected chi connectivity index (χ4v) is 2.40. The summed E-state index contributed by atoms with van der Waals surface area (Å²) in [4.78, 5) is 0. The van der Waals surface area contributed by atoms with E-state index in [9.17, 15) is 0 Å². The van der Waals surface area contributed by atoms with E-state index in [1.54, 1.807) is 11.3 Å². The minimum absolute atomic E-state index is 0.974. The summed E-state index contributed by atoms with van der Waals surface area (Å²) in [7, 11) is 0. The van der Waals surface area contributed by atoms with Gasteiger partial charge in [0.2, 0.25) is 0 Å². The van der Waals surface area contributed by atoms with Crippen LogP contribution in [0.1, 0.15) is 18.1 Å². The van der Waals surface area contributed by atoms with Crippen LogP contribution < -0.4 is 5.32 Å². The quantitative estimate of drug-likeness (QED) is 0.813. The molecule has 0 aliphatic heterocycles. The molecule has 2 aromatic rings. The molecule has 0 saturated heterocycles. The number of hydrogen-bond donors (Lipinski definition) is 1. The molecule has 0 aliphatic rings. The van der Waals surface area contributed by atoms with Crippen LogP contribution in [0.15, 0.2) is 35.3 Å². The van der Waals surface area contributed by atoms with Gasteiger partial charge in [0.15, 0.2) is 0 Å². The van der Waals surface area contributed by atoms with Crippen molar-refractivity contribution in [2.45, 2.75) is 26.4 Å². The van der Waals surface area contributed by atoms with Crippen molar-refractivity contribution in [3.63, 3.8) is 0 Å². The Bertz CT molecular complexity index is 403. The Hall–Kier alpha value is -1.06. The van der Waals surface area contributed by atoms with Crippen LogP contribution in [0, 0.1) is 0 Å². The van der Waals surface area contributed by atoms with Crippen LogP contribution in [0.5, 0.6) is 0 Å². The zero-order chi connectivity index (χ0) is 11.2. The number of aromatic nitrogens is 1. The van der Waals surface area contributed by atoms with Crippen molar-refractivity contribution in [2.75, 3.05) is 6.54 Å². The van der Waals surface area contributed by atoms with Gasteiger partial charge >= 0.3 is 0 Å². The monoisotopic (exact) mass is 234 g/mol. The van der Waals surface area contributed by atoms with Gasteiger partial charge in [-0.25, -0.2) is 0 Å². The molecule has 0 radical (unpaired) electrons. The van der Waals surface area contributed by atoms with Gasteiger partial charge < -0.3 is 9.88 Å². The van der Waals surface area contributed by atoms with Crippen LogP contribution in [0.4, 0.5) is 0 Å². The van der Waals surface area contributed by atoms with Crippen molar-refractivity contribution >= 4 is 11.3 Å². The highest BCUT2D eigenvalue weighted by atomic mass is 32.1. The Morgan fingerprint density at radius 1 is 1.31 bits per heavy atom. The molecule has 0 unspecified atom stereocenters. The molecule has 0 bridgehead atoms. The summed E-state index contributed by atoms with van der Waals surface area (Å²) in [6, 6.07) is 4.39. The Labute approximate surface area is 101 Å². The summed E-state index contributed by atoms with van der Waals surface area (Å²) in [5.74, 6) is 0. The topological polar surface area (TPSA) is 17.0 Å². The van der Waals surface area contributed by atoms with Crippen molar-refractivity contribution in [1.82, 2.24) is 9.88 Å². The zero-order valence-corrected chi connectivity index (χ0v) is 10.5. The summed E-state index contributed by atoms with van der Waals surface area (Å²) >= 11 is 1.77. The summed E-state index contributed by atoms with van der Waals surface area (Å²) in [5, 5.41) is 7.70. The standard InChI is InChI=1S/C13H18N2S/c1-2-14-9-13-4-7-15(10-13)6-3-12-5-8-16-11-12/h4-5,7-8,10-11,14H,2-3,6,9H2,1H3. The van der Waals surface area contributed by atoms with Crippen LogP contribution in [0.2, 0.25) is 0 Å². The highest BCUT2D eigenvalue weighted by molar-refractivity contribution is 7.07. The zero-order valence-electron chi connectivity index (χ0n) is 9.65. The Morgan fingerprint density at radius 3 is 3.00 bits per heavy atom. The molecule has 3 heteroatoms. The molecular weight excluding hydrogens is 216 g/mol. The summed E-state index contributed by atoms with van der Waals surface area (Å²) in [5.41, 5.74) is 2.80. The van der Waals surface area contributed by atoms with E-state index in [0.717, 1.165) is 26.1 Å². The maximum atomic E-state index is 3.34. The molecule has 16 heavy (non-hydrogen) atoms. The lowest BCUT2D eigenvalue weighted by Gasteiger charge is -2.01. The Balaban J connectivity index is 1.83. The third-order valence-corrected chi connectivity index (χ3v) is 3.36. The number of rotatable bonds is 6. The molecule has 0 fully saturated rings. The van der Waals surface area contributed by atoms with Crippen LogP contribution in [-0.2, 0) is 19.5 Å². The molecule has 1 N–H and O–H groups in total. The first-order valence-corrected chi connectivity index (χ1v) is 6.69. The third-order valence-electron chi connectivity index (χ3n) is 2.63. The van der Waals surface area contributed by atoms with Crippen molar-refractivity contribution in [3.05, 3.63) is 46.4 Å². The van der Waals surface area contributed by atoms with E-state index in [2.05, 4.69) is 52.1 Å². The van der Waals surface area contributed by atoms with Crippen molar-refractivity contribution in [1.29, 1.82) is 0 Å². The van der Waals surface area contributed by atoms with Crippen molar-refractivity contribution < 1.29 is 0 Å². The number of nitrogens with zero attached hydrogens (tertiary/aromatic N) is 1. The number of aryl methyl sites for hydroxylation is 2. The van der Waals surface area contributed by atoms with Crippen molar-refractivity contribution in [2.24, 2.45) is 0 Å². The molecule has 0 atom stereocenters. The van der Waals surface area contributed by atoms with Gasteiger partial charge in [0.05, 0.1) is 0 Å². The van der Waals surface area contributed by atoms with Crippen LogP contribution in [0.3, 0.4) is 0 Å². The molecule has 0 spiro atoms. The summed E-state index contributed by atoms with van der Waals surface area (Å²) in [6.45, 7) is 5.21. The second-order valence-electron chi connectivity index (χ2n) is 3.92. The first-order chi connectivity index (χ1) is 7.88. The SMILES string of the molecule is CCNCc1ccn(CCc2ccsc2)c1.